The van der Waals surface area contributed by atoms with Crippen molar-refractivity contribution in [1.29, 1.82) is 0 Å². The van der Waals surface area contributed by atoms with E-state index in [9.17, 15) is 0 Å². The maximum Gasteiger partial charge on any atom is 1.00 e. The summed E-state index contributed by atoms with van der Waals surface area (Å²) in [4.78, 5) is 0. The van der Waals surface area contributed by atoms with Crippen molar-refractivity contribution >= 4 is 0 Å². The first-order valence-corrected chi connectivity index (χ1v) is 8.79. The van der Waals surface area contributed by atoms with Gasteiger partial charge in [-0.25, -0.2) is 0 Å². The van der Waals surface area contributed by atoms with Crippen molar-refractivity contribution in [3.05, 3.63) is 55.5 Å². The van der Waals surface area contributed by atoms with Crippen LogP contribution >= 0.6 is 0 Å². The van der Waals surface area contributed by atoms with Gasteiger partial charge in [-0.05, 0) is 12.0 Å². The van der Waals surface area contributed by atoms with E-state index in [1.54, 1.807) is 0 Å². The molecule has 0 aliphatic heterocycles. The number of hydrogen-bond acceptors (Lipinski definition) is 0. The Bertz CT molecular complexity index is 295. The molecule has 0 aliphatic carbocycles. The van der Waals surface area contributed by atoms with Crippen LogP contribution in [-0.2, 0) is 6.42 Å². The van der Waals surface area contributed by atoms with Crippen LogP contribution in [0.15, 0.2) is 43.0 Å². The van der Waals surface area contributed by atoms with Gasteiger partial charge in [0.2, 0.25) is 0 Å². The Morgan fingerprint density at radius 1 is 0.864 bits per heavy atom. The summed E-state index contributed by atoms with van der Waals surface area (Å²) in [5.74, 6) is 0. The van der Waals surface area contributed by atoms with Crippen molar-refractivity contribution in [2.24, 2.45) is 0 Å². The summed E-state index contributed by atoms with van der Waals surface area (Å²) in [5.41, 5.74) is 1.33. The second-order valence-electron chi connectivity index (χ2n) is 5.66. The number of allylic oxidation sites excluding steroid dienone is 1. The molecule has 1 aromatic carbocycles. The molecule has 22 heavy (non-hydrogen) atoms. The quantitative estimate of drug-likeness (QED) is 0.249. The number of hydrogen-bond donors (Lipinski definition) is 0. The van der Waals surface area contributed by atoms with Gasteiger partial charge in [-0.3, -0.25) is 0 Å². The third-order valence-corrected chi connectivity index (χ3v) is 3.58. The molecular formula is C21H35Na. The van der Waals surface area contributed by atoms with Gasteiger partial charge in [0.15, 0.2) is 0 Å². The smallest absolute Gasteiger partial charge is 0.343 e. The Morgan fingerprint density at radius 3 is 1.82 bits per heavy atom. The number of rotatable bonds is 11. The first-order valence-electron chi connectivity index (χ1n) is 8.79. The molecule has 0 bridgehead atoms. The van der Waals surface area contributed by atoms with Crippen LogP contribution in [0.1, 0.15) is 76.7 Å². The fraction of sp³-hybridized carbons (Fsp3) is 0.571. The number of unbranched alkanes of at least 4 members (excludes halogenated alkanes) is 9. The molecule has 0 unspecified atom stereocenters. The van der Waals surface area contributed by atoms with Gasteiger partial charge in [-0.15, -0.1) is 6.58 Å². The van der Waals surface area contributed by atoms with Gasteiger partial charge in [-0.1, -0.05) is 101 Å². The van der Waals surface area contributed by atoms with Gasteiger partial charge in [-0.2, -0.15) is 6.42 Å². The largest absolute Gasteiger partial charge is 1.00 e. The average molecular weight is 311 g/mol. The van der Waals surface area contributed by atoms with E-state index in [0.717, 1.165) is 12.8 Å². The molecule has 1 heteroatoms. The third-order valence-electron chi connectivity index (χ3n) is 3.58. The molecule has 0 saturated heterocycles. The van der Waals surface area contributed by atoms with E-state index in [0.29, 0.717) is 0 Å². The topological polar surface area (TPSA) is 0 Å². The molecule has 1 aromatic rings. The summed E-state index contributed by atoms with van der Waals surface area (Å²) in [6.07, 6.45) is 16.8. The molecule has 0 aromatic heterocycles. The van der Waals surface area contributed by atoms with Crippen molar-refractivity contribution in [3.8, 4) is 0 Å². The molecule has 0 spiro atoms. The van der Waals surface area contributed by atoms with E-state index in [2.05, 4.69) is 32.6 Å². The van der Waals surface area contributed by atoms with Crippen molar-refractivity contribution in [2.45, 2.75) is 77.6 Å². The Balaban J connectivity index is 0. The van der Waals surface area contributed by atoms with Crippen molar-refractivity contribution in [2.75, 3.05) is 0 Å². The van der Waals surface area contributed by atoms with Crippen LogP contribution in [0.2, 0.25) is 0 Å². The molecule has 120 valence electrons. The summed E-state index contributed by atoms with van der Waals surface area (Å²) in [5, 5.41) is 0. The molecule has 0 nitrogen and oxygen atoms in total. The Hall–Kier alpha value is -0.0400. The van der Waals surface area contributed by atoms with E-state index in [1.807, 2.05) is 24.3 Å². The Morgan fingerprint density at radius 2 is 1.36 bits per heavy atom. The minimum absolute atomic E-state index is 0. The maximum absolute atomic E-state index is 3.84. The van der Waals surface area contributed by atoms with Crippen LogP contribution in [0.4, 0.5) is 0 Å². The van der Waals surface area contributed by atoms with Gasteiger partial charge < -0.3 is 6.92 Å². The number of benzene rings is 1. The standard InChI is InChI=1S/C12H25.C9H10.Na/c1-3-5-7-9-11-12-10-8-6-4-2;1-2-6-9-7-4-3-5-8-9;/h1,3-12H2,2H3;2-5,7-8H,1,6H2;/q-1;;+1. The summed E-state index contributed by atoms with van der Waals surface area (Å²) >= 11 is 0. The maximum atomic E-state index is 3.84. The van der Waals surface area contributed by atoms with Crippen LogP contribution in [-0.4, -0.2) is 0 Å². The first kappa shape index (κ1) is 24.2. The zero-order valence-corrected chi connectivity index (χ0v) is 17.2. The van der Waals surface area contributed by atoms with Crippen LogP contribution in [0.5, 0.6) is 0 Å². The van der Waals surface area contributed by atoms with Crippen LogP contribution in [0.3, 0.4) is 0 Å². The average Bonchev–Trinajstić information content (AvgIpc) is 2.52. The van der Waals surface area contributed by atoms with Crippen molar-refractivity contribution in [3.63, 3.8) is 0 Å². The zero-order valence-electron chi connectivity index (χ0n) is 15.2. The molecule has 0 radical (unpaired) electrons. The normalized spacial score (nSPS) is 9.36. The van der Waals surface area contributed by atoms with Crippen LogP contribution in [0, 0.1) is 6.92 Å². The molecule has 0 amide bonds. The van der Waals surface area contributed by atoms with Gasteiger partial charge in [0.1, 0.15) is 0 Å². The second kappa shape index (κ2) is 21.0. The van der Waals surface area contributed by atoms with E-state index < -0.39 is 0 Å². The summed E-state index contributed by atoms with van der Waals surface area (Å²) < 4.78 is 0. The molecule has 0 aliphatic rings. The SMILES string of the molecule is C=CCc1ccccc1.[CH2-]CCCCCCCCCCC.[Na+]. The predicted molar refractivity (Wildman–Crippen MR) is 97.5 cm³/mol. The molecular weight excluding hydrogens is 275 g/mol. The molecule has 0 saturated carbocycles. The fourth-order valence-electron chi connectivity index (χ4n) is 2.27. The Labute approximate surface area is 162 Å². The van der Waals surface area contributed by atoms with E-state index in [-0.39, 0.29) is 29.6 Å². The first-order chi connectivity index (χ1) is 10.3. The molecule has 0 fully saturated rings. The van der Waals surface area contributed by atoms with Gasteiger partial charge in [0.25, 0.3) is 0 Å². The van der Waals surface area contributed by atoms with Crippen LogP contribution in [0.25, 0.3) is 0 Å². The van der Waals surface area contributed by atoms with Crippen molar-refractivity contribution in [1.82, 2.24) is 0 Å². The van der Waals surface area contributed by atoms with Gasteiger partial charge >= 0.3 is 29.6 Å². The summed E-state index contributed by atoms with van der Waals surface area (Å²) in [6.45, 7) is 9.77. The monoisotopic (exact) mass is 310 g/mol. The third kappa shape index (κ3) is 18.0. The second-order valence-corrected chi connectivity index (χ2v) is 5.66. The van der Waals surface area contributed by atoms with E-state index in [4.69, 9.17) is 0 Å². The van der Waals surface area contributed by atoms with Gasteiger partial charge in [0, 0.05) is 0 Å². The zero-order chi connectivity index (χ0) is 15.6. The molecule has 0 N–H and O–H groups in total. The molecule has 1 rings (SSSR count). The van der Waals surface area contributed by atoms with Crippen LogP contribution < -0.4 is 29.6 Å². The fourth-order valence-corrected chi connectivity index (χ4v) is 2.27. The Kier molecular flexibility index (Phi) is 23.1. The van der Waals surface area contributed by atoms with Crippen molar-refractivity contribution < 1.29 is 29.6 Å². The van der Waals surface area contributed by atoms with E-state index in [1.165, 1.54) is 63.4 Å². The molecule has 0 atom stereocenters. The summed E-state index contributed by atoms with van der Waals surface area (Å²) in [7, 11) is 0. The predicted octanol–water partition coefficient (Wildman–Crippen LogP) is 4.16. The minimum Gasteiger partial charge on any atom is -0.343 e. The van der Waals surface area contributed by atoms with Gasteiger partial charge in [0.05, 0.1) is 0 Å². The molecule has 0 heterocycles. The van der Waals surface area contributed by atoms with E-state index >= 15 is 0 Å². The summed E-state index contributed by atoms with van der Waals surface area (Å²) in [6, 6.07) is 10.3. The minimum atomic E-state index is 0.